The van der Waals surface area contributed by atoms with Gasteiger partial charge in [-0.05, 0) is 56.5 Å². The maximum Gasteiger partial charge on any atom is 0.320 e. The Labute approximate surface area is 209 Å². The van der Waals surface area contributed by atoms with Crippen LogP contribution in [0.4, 0.5) is 10.2 Å². The second-order valence-corrected chi connectivity index (χ2v) is 10.2. The number of aromatic nitrogens is 4. The van der Waals surface area contributed by atoms with E-state index >= 15 is 4.39 Å². The maximum absolute atomic E-state index is 15.3. The zero-order valence-corrected chi connectivity index (χ0v) is 20.9. The molecular weight excluding hydrogens is 463 g/mol. The van der Waals surface area contributed by atoms with Crippen molar-refractivity contribution in [1.82, 2.24) is 24.6 Å². The predicted octanol–water partition coefficient (Wildman–Crippen LogP) is 2.83. The average Bonchev–Trinajstić information content (AvgIpc) is 3.59. The molecule has 2 aromatic heterocycles. The smallest absolute Gasteiger partial charge is 0.320 e. The van der Waals surface area contributed by atoms with Gasteiger partial charge in [0, 0.05) is 30.5 Å². The number of hydrogen-bond donors (Lipinski definition) is 0. The number of carbonyl (C=O) groups is 1. The SMILES string of the molecule is COc1nc(N2C[C@H]3C[C@@H]2CO3)cc(-n2ncc3cc(C)c([C@H]4CCN(CC(C)=O)C[C@H]4F)cc32)n1. The Kier molecular flexibility index (Phi) is 5.88. The third-order valence-corrected chi connectivity index (χ3v) is 7.70. The summed E-state index contributed by atoms with van der Waals surface area (Å²) in [6, 6.07) is 6.65. The van der Waals surface area contributed by atoms with Crippen LogP contribution in [0.15, 0.2) is 24.4 Å². The van der Waals surface area contributed by atoms with Crippen LogP contribution in [-0.4, -0.2) is 88.6 Å². The van der Waals surface area contributed by atoms with Gasteiger partial charge in [0.15, 0.2) is 5.82 Å². The van der Waals surface area contributed by atoms with E-state index in [-0.39, 0.29) is 30.4 Å². The number of hydrogen-bond acceptors (Lipinski definition) is 8. The minimum absolute atomic E-state index is 0.0658. The number of ether oxygens (including phenoxy) is 2. The lowest BCUT2D eigenvalue weighted by molar-refractivity contribution is -0.118. The summed E-state index contributed by atoms with van der Waals surface area (Å²) in [7, 11) is 1.56. The van der Waals surface area contributed by atoms with Crippen molar-refractivity contribution in [3.63, 3.8) is 0 Å². The number of morpholine rings is 1. The summed E-state index contributed by atoms with van der Waals surface area (Å²) in [6.45, 7) is 6.36. The van der Waals surface area contributed by atoms with Gasteiger partial charge >= 0.3 is 6.01 Å². The van der Waals surface area contributed by atoms with Gasteiger partial charge in [0.2, 0.25) is 0 Å². The van der Waals surface area contributed by atoms with E-state index in [0.29, 0.717) is 38.0 Å². The fraction of sp³-hybridized carbons (Fsp3) is 0.538. The van der Waals surface area contributed by atoms with Gasteiger partial charge in [0.1, 0.15) is 17.8 Å². The average molecular weight is 495 g/mol. The number of likely N-dealkylation sites (tertiary alicyclic amines) is 1. The number of nitrogens with zero attached hydrogens (tertiary/aromatic N) is 6. The molecule has 0 spiro atoms. The normalized spacial score (nSPS) is 26.2. The van der Waals surface area contributed by atoms with Crippen molar-refractivity contribution in [3.05, 3.63) is 35.5 Å². The van der Waals surface area contributed by atoms with E-state index in [2.05, 4.69) is 32.1 Å². The van der Waals surface area contributed by atoms with Gasteiger partial charge in [-0.3, -0.25) is 9.69 Å². The topological polar surface area (TPSA) is 85.6 Å². The molecule has 9 nitrogen and oxygen atoms in total. The van der Waals surface area contributed by atoms with Crippen molar-refractivity contribution in [3.8, 4) is 11.8 Å². The van der Waals surface area contributed by atoms with Crippen LogP contribution in [0.1, 0.15) is 36.8 Å². The molecule has 0 saturated carbocycles. The molecule has 3 aliphatic heterocycles. The fourth-order valence-corrected chi connectivity index (χ4v) is 5.99. The van der Waals surface area contributed by atoms with Gasteiger partial charge in [-0.25, -0.2) is 9.07 Å². The minimum atomic E-state index is -1.04. The van der Waals surface area contributed by atoms with Crippen LogP contribution in [-0.2, 0) is 9.53 Å². The van der Waals surface area contributed by atoms with Gasteiger partial charge in [0.25, 0.3) is 0 Å². The van der Waals surface area contributed by atoms with Gasteiger partial charge < -0.3 is 14.4 Å². The molecule has 0 aliphatic carbocycles. The molecule has 0 unspecified atom stereocenters. The van der Waals surface area contributed by atoms with Gasteiger partial charge in [-0.2, -0.15) is 15.1 Å². The number of Topliss-reactive ketones (excluding diaryl/α,β-unsaturated/α-hetero) is 1. The number of ketones is 1. The van der Waals surface area contributed by atoms with Crippen LogP contribution in [0, 0.1) is 6.92 Å². The highest BCUT2D eigenvalue weighted by Gasteiger charge is 2.40. The molecule has 3 saturated heterocycles. The van der Waals surface area contributed by atoms with E-state index in [1.54, 1.807) is 18.7 Å². The summed E-state index contributed by atoms with van der Waals surface area (Å²) in [5.74, 6) is 1.25. The molecule has 36 heavy (non-hydrogen) atoms. The second-order valence-electron chi connectivity index (χ2n) is 10.2. The number of fused-ring (bicyclic) bond motifs is 3. The Bertz CT molecular complexity index is 1310. The Balaban J connectivity index is 1.35. The van der Waals surface area contributed by atoms with E-state index in [1.165, 1.54) is 0 Å². The maximum atomic E-state index is 15.3. The second kappa shape index (κ2) is 9.08. The first-order valence-corrected chi connectivity index (χ1v) is 12.6. The number of halogens is 1. The van der Waals surface area contributed by atoms with E-state index in [0.717, 1.165) is 40.8 Å². The summed E-state index contributed by atoms with van der Waals surface area (Å²) < 4.78 is 28.3. The molecule has 6 rings (SSSR count). The van der Waals surface area contributed by atoms with Crippen LogP contribution >= 0.6 is 0 Å². The Morgan fingerprint density at radius 1 is 1.22 bits per heavy atom. The number of anilines is 1. The summed E-state index contributed by atoms with van der Waals surface area (Å²) in [5, 5.41) is 5.60. The first kappa shape index (κ1) is 23.3. The third-order valence-electron chi connectivity index (χ3n) is 7.70. The molecule has 0 N–H and O–H groups in total. The molecule has 3 aliphatic rings. The van der Waals surface area contributed by atoms with Crippen LogP contribution in [0.5, 0.6) is 6.01 Å². The summed E-state index contributed by atoms with van der Waals surface area (Å²) in [4.78, 5) is 24.9. The summed E-state index contributed by atoms with van der Waals surface area (Å²) >= 11 is 0. The fourth-order valence-electron chi connectivity index (χ4n) is 5.99. The Morgan fingerprint density at radius 2 is 2.06 bits per heavy atom. The largest absolute Gasteiger partial charge is 0.467 e. The molecule has 5 heterocycles. The van der Waals surface area contributed by atoms with Gasteiger partial charge in [-0.1, -0.05) is 0 Å². The number of piperidine rings is 1. The molecule has 190 valence electrons. The first-order chi connectivity index (χ1) is 17.4. The Hall–Kier alpha value is -3.11. The monoisotopic (exact) mass is 494 g/mol. The number of aryl methyl sites for hydroxylation is 1. The lowest BCUT2D eigenvalue weighted by Gasteiger charge is -2.35. The number of methoxy groups -OCH3 is 1. The van der Waals surface area contributed by atoms with Crippen LogP contribution in [0.2, 0.25) is 0 Å². The highest BCUT2D eigenvalue weighted by atomic mass is 19.1. The lowest BCUT2D eigenvalue weighted by Crippen LogP contribution is -2.42. The Morgan fingerprint density at radius 3 is 2.75 bits per heavy atom. The molecule has 10 heteroatoms. The van der Waals surface area contributed by atoms with Gasteiger partial charge in [-0.15, -0.1) is 0 Å². The first-order valence-electron chi connectivity index (χ1n) is 12.6. The number of carbonyl (C=O) groups excluding carboxylic acids is 1. The third kappa shape index (κ3) is 4.12. The van der Waals surface area contributed by atoms with Crippen molar-refractivity contribution >= 4 is 22.5 Å². The number of rotatable bonds is 6. The van der Waals surface area contributed by atoms with Crippen molar-refractivity contribution < 1.29 is 18.7 Å². The van der Waals surface area contributed by atoms with Crippen molar-refractivity contribution in [1.29, 1.82) is 0 Å². The number of alkyl halides is 1. The van der Waals surface area contributed by atoms with Crippen LogP contribution < -0.4 is 9.64 Å². The van der Waals surface area contributed by atoms with Crippen LogP contribution in [0.3, 0.4) is 0 Å². The van der Waals surface area contributed by atoms with Gasteiger partial charge in [0.05, 0.1) is 44.1 Å². The highest BCUT2D eigenvalue weighted by Crippen LogP contribution is 2.36. The molecular formula is C26H31FN6O3. The standard InChI is InChI=1S/C26H31FN6O3/c1-15-6-17-10-28-33(23(17)8-21(15)20-4-5-31(11-16(2)34)13-22(20)27)25-9-24(29-26(30-25)35-3)32-12-19-7-18(32)14-36-19/h6,8-10,18-20,22H,4-5,7,11-14H2,1-3H3/t18-,19-,20-,22-/m1/s1. The van der Waals surface area contributed by atoms with E-state index in [4.69, 9.17) is 9.47 Å². The molecule has 0 amide bonds. The predicted molar refractivity (Wildman–Crippen MR) is 133 cm³/mol. The van der Waals surface area contributed by atoms with E-state index in [1.807, 2.05) is 24.1 Å². The molecule has 2 bridgehead atoms. The van der Waals surface area contributed by atoms with E-state index < -0.39 is 6.17 Å². The zero-order valence-electron chi connectivity index (χ0n) is 20.9. The number of benzene rings is 1. The van der Waals surface area contributed by atoms with Crippen molar-refractivity contribution in [2.45, 2.75) is 50.9 Å². The van der Waals surface area contributed by atoms with Crippen LogP contribution in [0.25, 0.3) is 16.7 Å². The van der Waals surface area contributed by atoms with E-state index in [9.17, 15) is 4.79 Å². The minimum Gasteiger partial charge on any atom is -0.467 e. The quantitative estimate of drug-likeness (QED) is 0.517. The molecule has 4 atom stereocenters. The van der Waals surface area contributed by atoms with Crippen molar-refractivity contribution in [2.24, 2.45) is 0 Å². The molecule has 3 fully saturated rings. The van der Waals surface area contributed by atoms with Crippen molar-refractivity contribution in [2.75, 3.05) is 44.8 Å². The highest BCUT2D eigenvalue weighted by molar-refractivity contribution is 5.82. The lowest BCUT2D eigenvalue weighted by atomic mass is 9.85. The zero-order chi connectivity index (χ0) is 25.0. The molecule has 0 radical (unpaired) electrons. The molecule has 3 aromatic rings. The summed E-state index contributed by atoms with van der Waals surface area (Å²) in [6.07, 6.45) is 2.69. The summed E-state index contributed by atoms with van der Waals surface area (Å²) in [5.41, 5.74) is 2.89. The molecule has 1 aromatic carbocycles.